The Labute approximate surface area is 110 Å². The van der Waals surface area contributed by atoms with E-state index in [1.54, 1.807) is 37.3 Å². The molecule has 1 heterocycles. The third-order valence-electron chi connectivity index (χ3n) is 3.11. The summed E-state index contributed by atoms with van der Waals surface area (Å²) in [5, 5.41) is 0. The summed E-state index contributed by atoms with van der Waals surface area (Å²) in [5.74, 6) is -2.82. The van der Waals surface area contributed by atoms with Crippen molar-refractivity contribution in [1.29, 1.82) is 0 Å². The highest BCUT2D eigenvalue weighted by Crippen LogP contribution is 2.30. The van der Waals surface area contributed by atoms with Crippen LogP contribution in [0.15, 0.2) is 30.3 Å². The molecular formula is C14H14O5. The molecule has 100 valence electrons. The highest BCUT2D eigenvalue weighted by atomic mass is 16.7. The van der Waals surface area contributed by atoms with Gasteiger partial charge in [-0.2, -0.15) is 0 Å². The maximum absolute atomic E-state index is 11.8. The van der Waals surface area contributed by atoms with E-state index in [-0.39, 0.29) is 5.78 Å². The lowest BCUT2D eigenvalue weighted by molar-refractivity contribution is -0.157. The number of Topliss-reactive ketones (excluding diaryl/α,β-unsaturated/α-hetero) is 1. The van der Waals surface area contributed by atoms with Gasteiger partial charge in [0.05, 0.1) is 11.5 Å². The van der Waals surface area contributed by atoms with E-state index in [1.807, 2.05) is 0 Å². The average molecular weight is 262 g/mol. The molecule has 1 aromatic rings. The van der Waals surface area contributed by atoms with Crippen LogP contribution in [0, 0.1) is 11.8 Å². The van der Waals surface area contributed by atoms with Crippen LogP contribution in [0.2, 0.25) is 0 Å². The van der Waals surface area contributed by atoms with Gasteiger partial charge in [-0.15, -0.1) is 0 Å². The van der Waals surface area contributed by atoms with Crippen LogP contribution in [-0.2, 0) is 19.1 Å². The smallest absolute Gasteiger partial charge is 0.341 e. The first-order valence-corrected chi connectivity index (χ1v) is 5.97. The molecule has 1 saturated heterocycles. The van der Waals surface area contributed by atoms with Crippen LogP contribution >= 0.6 is 0 Å². The van der Waals surface area contributed by atoms with Crippen LogP contribution in [-0.4, -0.2) is 24.0 Å². The number of carbonyl (C=O) groups excluding carboxylic acids is 3. The first-order chi connectivity index (χ1) is 9.00. The predicted molar refractivity (Wildman–Crippen MR) is 65.1 cm³/mol. The van der Waals surface area contributed by atoms with Crippen molar-refractivity contribution in [2.45, 2.75) is 20.1 Å². The van der Waals surface area contributed by atoms with Crippen LogP contribution < -0.4 is 0 Å². The maximum Gasteiger partial charge on any atom is 0.341 e. The normalized spacial score (nSPS) is 25.8. The van der Waals surface area contributed by atoms with Gasteiger partial charge in [0.2, 0.25) is 0 Å². The Bertz CT molecular complexity index is 508. The predicted octanol–water partition coefficient (Wildman–Crippen LogP) is 1.57. The van der Waals surface area contributed by atoms with E-state index >= 15 is 0 Å². The van der Waals surface area contributed by atoms with Gasteiger partial charge in [0.15, 0.2) is 0 Å². The molecule has 0 unspecified atom stereocenters. The molecule has 1 fully saturated rings. The molecule has 5 heteroatoms. The molecule has 1 aromatic carbocycles. The summed E-state index contributed by atoms with van der Waals surface area (Å²) in [6, 6.07) is 8.40. The topological polar surface area (TPSA) is 69.7 Å². The van der Waals surface area contributed by atoms with E-state index in [0.717, 1.165) is 0 Å². The zero-order chi connectivity index (χ0) is 14.0. The van der Waals surface area contributed by atoms with Gasteiger partial charge in [-0.05, 0) is 19.1 Å². The summed E-state index contributed by atoms with van der Waals surface area (Å²) >= 11 is 0. The van der Waals surface area contributed by atoms with E-state index in [1.165, 1.54) is 6.92 Å². The largest absolute Gasteiger partial charge is 0.424 e. The van der Waals surface area contributed by atoms with Crippen molar-refractivity contribution in [3.8, 4) is 0 Å². The molecule has 0 amide bonds. The average Bonchev–Trinajstić information content (AvgIpc) is 2.65. The fraction of sp³-hybridized carbons (Fsp3) is 0.357. The van der Waals surface area contributed by atoms with Gasteiger partial charge >= 0.3 is 11.9 Å². The van der Waals surface area contributed by atoms with Crippen molar-refractivity contribution in [2.24, 2.45) is 11.8 Å². The third kappa shape index (κ3) is 2.65. The molecule has 0 bridgehead atoms. The molecule has 1 aliphatic rings. The van der Waals surface area contributed by atoms with Crippen LogP contribution in [0.3, 0.4) is 0 Å². The minimum Gasteiger partial charge on any atom is -0.424 e. The standard InChI is InChI=1S/C14H14O5/c1-8-11(9(2)15)13(17)19-14(8)18-12(16)10-6-4-3-5-7-10/h3-8,11,14H,1-2H3/t8-,11+,14+/m0/s1. The highest BCUT2D eigenvalue weighted by molar-refractivity contribution is 5.99. The Morgan fingerprint density at radius 2 is 1.84 bits per heavy atom. The molecule has 1 aliphatic heterocycles. The number of rotatable bonds is 3. The fourth-order valence-electron chi connectivity index (χ4n) is 2.08. The molecule has 3 atom stereocenters. The van der Waals surface area contributed by atoms with E-state index in [9.17, 15) is 14.4 Å². The lowest BCUT2D eigenvalue weighted by Crippen LogP contribution is -2.26. The molecule has 0 saturated carbocycles. The van der Waals surface area contributed by atoms with Gasteiger partial charge in [0, 0.05) is 0 Å². The second-order valence-corrected chi connectivity index (χ2v) is 4.52. The summed E-state index contributed by atoms with van der Waals surface area (Å²) in [7, 11) is 0. The molecule has 2 rings (SSSR count). The van der Waals surface area contributed by atoms with Gasteiger partial charge in [0.25, 0.3) is 6.29 Å². The van der Waals surface area contributed by atoms with Crippen LogP contribution in [0.25, 0.3) is 0 Å². The third-order valence-corrected chi connectivity index (χ3v) is 3.11. The first-order valence-electron chi connectivity index (χ1n) is 5.97. The summed E-state index contributed by atoms with van der Waals surface area (Å²) in [6.07, 6.45) is -1.01. The van der Waals surface area contributed by atoms with Gasteiger partial charge < -0.3 is 9.47 Å². The van der Waals surface area contributed by atoms with E-state index in [0.29, 0.717) is 5.56 Å². The minimum atomic E-state index is -1.01. The summed E-state index contributed by atoms with van der Waals surface area (Å²) in [5.41, 5.74) is 0.372. The van der Waals surface area contributed by atoms with Crippen molar-refractivity contribution in [3.05, 3.63) is 35.9 Å². The number of benzene rings is 1. The Morgan fingerprint density at radius 1 is 1.21 bits per heavy atom. The molecule has 0 N–H and O–H groups in total. The molecule has 0 aromatic heterocycles. The van der Waals surface area contributed by atoms with E-state index in [4.69, 9.17) is 9.47 Å². The Hall–Kier alpha value is -2.17. The number of hydrogen-bond acceptors (Lipinski definition) is 5. The summed E-state index contributed by atoms with van der Waals surface area (Å²) in [4.78, 5) is 34.7. The molecule has 0 spiro atoms. The van der Waals surface area contributed by atoms with Crippen LogP contribution in [0.5, 0.6) is 0 Å². The van der Waals surface area contributed by atoms with Gasteiger partial charge in [-0.1, -0.05) is 25.1 Å². The van der Waals surface area contributed by atoms with Crippen molar-refractivity contribution >= 4 is 17.7 Å². The first kappa shape index (κ1) is 13.3. The van der Waals surface area contributed by atoms with E-state index < -0.39 is 30.1 Å². The number of hydrogen-bond donors (Lipinski definition) is 0. The fourth-order valence-corrected chi connectivity index (χ4v) is 2.08. The van der Waals surface area contributed by atoms with E-state index in [2.05, 4.69) is 0 Å². The molecular weight excluding hydrogens is 248 g/mol. The zero-order valence-electron chi connectivity index (χ0n) is 10.7. The minimum absolute atomic E-state index is 0.282. The molecule has 0 radical (unpaired) electrons. The van der Waals surface area contributed by atoms with Crippen LogP contribution in [0.4, 0.5) is 0 Å². The number of carbonyl (C=O) groups is 3. The van der Waals surface area contributed by atoms with Gasteiger partial charge in [0.1, 0.15) is 11.7 Å². The van der Waals surface area contributed by atoms with Crippen LogP contribution in [0.1, 0.15) is 24.2 Å². The molecule has 0 aliphatic carbocycles. The number of esters is 2. The quantitative estimate of drug-likeness (QED) is 0.611. The Morgan fingerprint density at radius 3 is 2.37 bits per heavy atom. The zero-order valence-corrected chi connectivity index (χ0v) is 10.7. The van der Waals surface area contributed by atoms with Crippen molar-refractivity contribution in [3.63, 3.8) is 0 Å². The van der Waals surface area contributed by atoms with Gasteiger partial charge in [-0.3, -0.25) is 9.59 Å². The molecule has 19 heavy (non-hydrogen) atoms. The lowest BCUT2D eigenvalue weighted by atomic mass is 9.93. The summed E-state index contributed by atoms with van der Waals surface area (Å²) in [6.45, 7) is 2.98. The Kier molecular flexibility index (Phi) is 3.64. The number of ether oxygens (including phenoxy) is 2. The SMILES string of the molecule is CC(=O)[C@@H]1C(=O)O[C@@H](OC(=O)c2ccccc2)[C@H]1C. The van der Waals surface area contributed by atoms with Gasteiger partial charge in [-0.25, -0.2) is 4.79 Å². The monoisotopic (exact) mass is 262 g/mol. The number of cyclic esters (lactones) is 1. The Balaban J connectivity index is 2.07. The second kappa shape index (κ2) is 5.22. The maximum atomic E-state index is 11.8. The van der Waals surface area contributed by atoms with Crippen molar-refractivity contribution < 1.29 is 23.9 Å². The lowest BCUT2D eigenvalue weighted by Gasteiger charge is -2.15. The highest BCUT2D eigenvalue weighted by Gasteiger charge is 2.46. The second-order valence-electron chi connectivity index (χ2n) is 4.52. The summed E-state index contributed by atoms with van der Waals surface area (Å²) < 4.78 is 10.1. The number of ketones is 1. The molecule has 5 nitrogen and oxygen atoms in total. The van der Waals surface area contributed by atoms with Crippen molar-refractivity contribution in [1.82, 2.24) is 0 Å². The van der Waals surface area contributed by atoms with Crippen molar-refractivity contribution in [2.75, 3.05) is 0 Å².